The number of benzene rings is 6. The van der Waals surface area contributed by atoms with Crippen molar-refractivity contribution in [2.75, 3.05) is 22.9 Å². The van der Waals surface area contributed by atoms with Gasteiger partial charge in [-0.2, -0.15) is 39.5 Å². The lowest BCUT2D eigenvalue weighted by molar-refractivity contribution is -0.403. The van der Waals surface area contributed by atoms with E-state index in [0.717, 1.165) is 49.7 Å². The van der Waals surface area contributed by atoms with E-state index in [1.807, 2.05) is 50.2 Å². The lowest BCUT2D eigenvalue weighted by atomic mass is 9.88. The summed E-state index contributed by atoms with van der Waals surface area (Å²) in [6, 6.07) is 26.5. The number of quaternary nitrogens is 1. The number of phenolic OH excluding ortho intramolecular Hbond substituents is 1. The molecule has 8 rings (SSSR count). The number of carbonyl (C=O) groups excluding carboxylic acids is 6. The zero-order valence-electron chi connectivity index (χ0n) is 56.8. The van der Waals surface area contributed by atoms with Crippen LogP contribution in [-0.2, 0) is 71.5 Å². The van der Waals surface area contributed by atoms with Gasteiger partial charge >= 0.3 is 36.7 Å². The van der Waals surface area contributed by atoms with Crippen molar-refractivity contribution >= 4 is 53.2 Å². The molecular weight excluding hydrogens is 1320 g/mol. The van der Waals surface area contributed by atoms with E-state index in [-0.39, 0.29) is 86.6 Å². The number of hydrogen-bond acceptors (Lipinski definition) is 11. The molecule has 2 aliphatic rings. The summed E-state index contributed by atoms with van der Waals surface area (Å²) in [4.78, 5) is 89.0. The monoisotopic (exact) mass is 1410 g/mol. The Morgan fingerprint density at radius 2 is 0.940 bits per heavy atom. The van der Waals surface area contributed by atoms with Crippen molar-refractivity contribution in [2.45, 2.75) is 183 Å². The number of nitrogens with one attached hydrogen (secondary N) is 3. The molecule has 0 bridgehead atoms. The molecule has 6 aromatic carbocycles. The van der Waals surface area contributed by atoms with E-state index in [0.29, 0.717) is 34.2 Å². The van der Waals surface area contributed by atoms with Crippen LogP contribution < -0.4 is 36.2 Å². The van der Waals surface area contributed by atoms with Gasteiger partial charge in [-0.1, -0.05) is 80.2 Å². The Bertz CT molecular complexity index is 3900. The number of ether oxygens (including phenoxy) is 3. The lowest BCUT2D eigenvalue weighted by Gasteiger charge is -2.37. The molecule has 0 saturated heterocycles. The minimum absolute atomic E-state index is 0. The number of rotatable bonds is 14. The van der Waals surface area contributed by atoms with E-state index in [1.54, 1.807) is 116 Å². The van der Waals surface area contributed by atoms with Crippen molar-refractivity contribution in [2.24, 2.45) is 0 Å². The molecule has 0 radical (unpaired) electrons. The van der Waals surface area contributed by atoms with Gasteiger partial charge in [0.25, 0.3) is 5.91 Å². The van der Waals surface area contributed by atoms with E-state index in [4.69, 9.17) is 24.1 Å². The van der Waals surface area contributed by atoms with Gasteiger partial charge in [0.2, 0.25) is 17.7 Å². The first-order chi connectivity index (χ1) is 45.8. The Morgan fingerprint density at radius 3 is 1.31 bits per heavy atom. The average molecular weight is 1410 g/mol. The van der Waals surface area contributed by atoms with Crippen LogP contribution in [0.1, 0.15) is 166 Å². The van der Waals surface area contributed by atoms with Crippen LogP contribution in [0.5, 0.6) is 11.5 Å². The number of alkyl halides is 9. The molecular formula is C73H86F9N6O12+. The minimum atomic E-state index is -5.08. The fourth-order valence-electron chi connectivity index (χ4n) is 11.6. The topological polar surface area (TPSA) is 258 Å². The fraction of sp³-hybridized carbons (Fsp3) is 0.411. The highest BCUT2D eigenvalue weighted by molar-refractivity contribution is 5.96. The summed E-state index contributed by atoms with van der Waals surface area (Å²) >= 11 is 0. The SMILES string of the molecule is C.CC(=O)N1CC[C@@H](NC(=O)[C@@H]([NH3+])Cc2c(C)cc(O)cc2C)c2cc(Cc3ccccc3)cc(C(F)(F)F)c21.CC(=O)N1CC[C@@H](NC(=O)[C@H](Cc2c(C)cc(OC(=O)OC(C)(C)C)cc2C)NC(=O)OC(C)(C)C)c2cc(Cc3ccccc3)cc(C(F)(F)F)c21.O=C(O)C(F)(F)F. The van der Waals surface area contributed by atoms with Gasteiger partial charge in [-0.15, -0.1) is 0 Å². The number of carbonyl (C=O) groups is 7. The number of hydrogen-bond donors (Lipinski definition) is 6. The van der Waals surface area contributed by atoms with Crippen molar-refractivity contribution in [3.63, 3.8) is 0 Å². The molecule has 5 amide bonds. The van der Waals surface area contributed by atoms with Crippen molar-refractivity contribution in [1.82, 2.24) is 16.0 Å². The Balaban J connectivity index is 0.000000337. The number of aliphatic carboxylic acids is 1. The number of amides is 5. The van der Waals surface area contributed by atoms with Crippen LogP contribution in [0.25, 0.3) is 0 Å². The molecule has 0 fully saturated rings. The number of aryl methyl sites for hydroxylation is 4. The molecule has 0 saturated carbocycles. The zero-order chi connectivity index (χ0) is 74.0. The number of carboxylic acid groups (broad SMARTS) is 1. The first-order valence-electron chi connectivity index (χ1n) is 31.5. The number of carboxylic acids is 1. The van der Waals surface area contributed by atoms with Gasteiger partial charge in [-0.05, 0) is 198 Å². The quantitative estimate of drug-likeness (QED) is 0.0338. The highest BCUT2D eigenvalue weighted by Gasteiger charge is 2.44. The van der Waals surface area contributed by atoms with E-state index in [2.05, 4.69) is 21.7 Å². The summed E-state index contributed by atoms with van der Waals surface area (Å²) in [5, 5.41) is 25.4. The predicted molar refractivity (Wildman–Crippen MR) is 356 cm³/mol. The van der Waals surface area contributed by atoms with Gasteiger partial charge in [0.15, 0.2) is 6.04 Å². The molecule has 2 heterocycles. The number of fused-ring (bicyclic) bond motifs is 2. The van der Waals surface area contributed by atoms with Crippen LogP contribution in [0.15, 0.2) is 109 Å². The van der Waals surface area contributed by atoms with Crippen molar-refractivity contribution in [3.05, 3.63) is 187 Å². The van der Waals surface area contributed by atoms with E-state index in [1.165, 1.54) is 13.8 Å². The Hall–Kier alpha value is -9.66. The summed E-state index contributed by atoms with van der Waals surface area (Å²) < 4.78 is 135. The second-order valence-corrected chi connectivity index (χ2v) is 26.3. The molecule has 0 aromatic heterocycles. The van der Waals surface area contributed by atoms with Gasteiger partial charge < -0.3 is 55.9 Å². The third-order valence-electron chi connectivity index (χ3n) is 15.9. The van der Waals surface area contributed by atoms with E-state index < -0.39 is 107 Å². The van der Waals surface area contributed by atoms with E-state index >= 15 is 0 Å². The number of anilines is 2. The van der Waals surface area contributed by atoms with Crippen LogP contribution in [0.2, 0.25) is 0 Å². The Morgan fingerprint density at radius 1 is 0.560 bits per heavy atom. The molecule has 542 valence electrons. The van der Waals surface area contributed by atoms with Crippen LogP contribution in [0.3, 0.4) is 0 Å². The van der Waals surface area contributed by atoms with Gasteiger partial charge in [0.05, 0.1) is 34.6 Å². The molecule has 0 unspecified atom stereocenters. The van der Waals surface area contributed by atoms with Crippen LogP contribution in [0.4, 0.5) is 60.5 Å². The molecule has 27 heteroatoms. The first-order valence-corrected chi connectivity index (χ1v) is 31.5. The predicted octanol–water partition coefficient (Wildman–Crippen LogP) is 13.9. The summed E-state index contributed by atoms with van der Waals surface area (Å²) in [6.45, 7) is 19.8. The van der Waals surface area contributed by atoms with Crippen LogP contribution in [-0.4, -0.2) is 94.6 Å². The lowest BCUT2D eigenvalue weighted by Crippen LogP contribution is -2.68. The van der Waals surface area contributed by atoms with Crippen LogP contribution >= 0.6 is 0 Å². The smallest absolute Gasteiger partial charge is 0.508 e. The Labute approximate surface area is 574 Å². The van der Waals surface area contributed by atoms with Crippen molar-refractivity contribution in [1.29, 1.82) is 0 Å². The number of phenols is 1. The molecule has 2 aliphatic heterocycles. The van der Waals surface area contributed by atoms with Gasteiger partial charge in [-0.3, -0.25) is 19.2 Å². The summed E-state index contributed by atoms with van der Waals surface area (Å²) in [6.07, 6.45) is -15.2. The van der Waals surface area contributed by atoms with Gasteiger partial charge in [-0.25, -0.2) is 14.4 Å². The molecule has 8 N–H and O–H groups in total. The van der Waals surface area contributed by atoms with Crippen molar-refractivity contribution < 1.29 is 103 Å². The Kier molecular flexibility index (Phi) is 26.7. The van der Waals surface area contributed by atoms with Crippen molar-refractivity contribution in [3.8, 4) is 11.5 Å². The molecule has 0 aliphatic carbocycles. The standard InChI is InChI=1S/C40H48F3N3O7.C30H32F3N3O3.C2HF3O2.CH4/c1-23-17-28(51-37(50)53-39(7,8)9)18-24(2)29(23)22-33(45-36(49)52-38(4,5)6)35(48)44-32-15-16-46(25(3)47)34-30(32)20-27(21-31(34)40(41,42)43)19-26-13-11-10-12-14-26;1-17-11-22(38)12-18(2)23(17)16-26(34)29(39)35-27-9-10-36(19(3)37)28-24(27)14-21(15-25(28)30(31,32)33)13-20-7-5-4-6-8-20;3-2(4,5)1(6)7;/h10-14,17-18,20-21,32-33H,15-16,19,22H2,1-9H3,(H,44,48)(H,45,49);4-8,11-12,14-15,26-27,38H,9-10,13,16,34H2,1-3H3,(H,35,39);(H,6,7);1H4/p+1/t32-,33+;26-,27+;;/m10../s1. The maximum absolute atomic E-state index is 14.7. The molecule has 18 nitrogen and oxygen atoms in total. The largest absolute Gasteiger partial charge is 0.514 e. The first kappa shape index (κ1) is 81.0. The number of alkyl carbamates (subject to hydrolysis) is 1. The zero-order valence-corrected chi connectivity index (χ0v) is 56.8. The third kappa shape index (κ3) is 22.7. The molecule has 0 spiro atoms. The molecule has 100 heavy (non-hydrogen) atoms. The second kappa shape index (κ2) is 33.0. The number of halogens is 9. The van der Waals surface area contributed by atoms with E-state index in [9.17, 15) is 73.4 Å². The maximum atomic E-state index is 14.7. The third-order valence-corrected chi connectivity index (χ3v) is 15.9. The molecule has 4 atom stereocenters. The molecule has 6 aromatic rings. The average Bonchev–Trinajstić information content (AvgIpc) is 0.758. The number of nitrogens with zero attached hydrogens (tertiary/aromatic N) is 2. The summed E-state index contributed by atoms with van der Waals surface area (Å²) in [7, 11) is 0. The minimum Gasteiger partial charge on any atom is -0.508 e. The summed E-state index contributed by atoms with van der Waals surface area (Å²) in [5.74, 6) is -4.51. The van der Waals surface area contributed by atoms with Crippen LogP contribution in [0, 0.1) is 27.7 Å². The van der Waals surface area contributed by atoms with Gasteiger partial charge in [0, 0.05) is 39.8 Å². The van der Waals surface area contributed by atoms with Gasteiger partial charge in [0.1, 0.15) is 28.7 Å². The normalized spacial score (nSPS) is 15.1. The summed E-state index contributed by atoms with van der Waals surface area (Å²) in [5.41, 5.74) is 7.35. The maximum Gasteiger partial charge on any atom is 0.514 e. The number of aromatic hydroxyl groups is 1. The highest BCUT2D eigenvalue weighted by Crippen LogP contribution is 2.47. The second-order valence-electron chi connectivity index (χ2n) is 26.3. The highest BCUT2D eigenvalue weighted by atomic mass is 19.4. The fourth-order valence-corrected chi connectivity index (χ4v) is 11.6.